The second kappa shape index (κ2) is 7.25. The zero-order valence-corrected chi connectivity index (χ0v) is 12.1. The molecule has 2 aliphatic rings. The summed E-state index contributed by atoms with van der Waals surface area (Å²) in [5.41, 5.74) is 5.91. The SMILES string of the molecule is COCC1CCN(C(=O)CCC2CCC(N)CC2)C1. The van der Waals surface area contributed by atoms with E-state index >= 15 is 0 Å². The predicted molar refractivity (Wildman–Crippen MR) is 75.7 cm³/mol. The maximum atomic E-state index is 12.2. The lowest BCUT2D eigenvalue weighted by Gasteiger charge is -2.26. The van der Waals surface area contributed by atoms with E-state index in [2.05, 4.69) is 0 Å². The molecule has 2 N–H and O–H groups in total. The van der Waals surface area contributed by atoms with Crippen molar-refractivity contribution in [3.05, 3.63) is 0 Å². The fourth-order valence-electron chi connectivity index (χ4n) is 3.39. The van der Waals surface area contributed by atoms with E-state index in [4.69, 9.17) is 10.5 Å². The summed E-state index contributed by atoms with van der Waals surface area (Å²) in [6.45, 7) is 2.59. The molecule has 0 aromatic heterocycles. The number of nitrogens with zero attached hydrogens (tertiary/aromatic N) is 1. The van der Waals surface area contributed by atoms with Crippen LogP contribution in [-0.2, 0) is 9.53 Å². The summed E-state index contributed by atoms with van der Waals surface area (Å²) in [6, 6.07) is 0.403. The number of carbonyl (C=O) groups is 1. The molecule has 1 aliphatic heterocycles. The molecule has 1 saturated carbocycles. The standard InChI is InChI=1S/C15H28N2O2/c1-19-11-13-8-9-17(10-13)15(18)7-4-12-2-5-14(16)6-3-12/h12-14H,2-11,16H2,1H3. The summed E-state index contributed by atoms with van der Waals surface area (Å²) in [5, 5.41) is 0. The van der Waals surface area contributed by atoms with E-state index in [9.17, 15) is 4.79 Å². The minimum atomic E-state index is 0.341. The van der Waals surface area contributed by atoms with Gasteiger partial charge < -0.3 is 15.4 Å². The Bertz CT molecular complexity index is 288. The third-order valence-corrected chi connectivity index (χ3v) is 4.70. The monoisotopic (exact) mass is 268 g/mol. The molecule has 1 saturated heterocycles. The van der Waals surface area contributed by atoms with E-state index in [-0.39, 0.29) is 0 Å². The molecule has 4 nitrogen and oxygen atoms in total. The molecule has 0 radical (unpaired) electrons. The Kier molecular flexibility index (Phi) is 5.64. The third kappa shape index (κ3) is 4.46. The van der Waals surface area contributed by atoms with Gasteiger partial charge in [0, 0.05) is 38.6 Å². The van der Waals surface area contributed by atoms with Crippen LogP contribution in [0.15, 0.2) is 0 Å². The molecule has 1 amide bonds. The Balaban J connectivity index is 1.65. The van der Waals surface area contributed by atoms with Gasteiger partial charge in [0.25, 0.3) is 0 Å². The summed E-state index contributed by atoms with van der Waals surface area (Å²) >= 11 is 0. The average Bonchev–Trinajstić information content (AvgIpc) is 2.87. The van der Waals surface area contributed by atoms with Crippen molar-refractivity contribution in [3.8, 4) is 0 Å². The molecule has 4 heteroatoms. The second-order valence-electron chi connectivity index (χ2n) is 6.27. The van der Waals surface area contributed by atoms with Gasteiger partial charge in [-0.2, -0.15) is 0 Å². The van der Waals surface area contributed by atoms with Gasteiger partial charge in [-0.3, -0.25) is 4.79 Å². The molecule has 110 valence electrons. The molecule has 1 atom stereocenters. The van der Waals surface area contributed by atoms with Crippen LogP contribution in [0.5, 0.6) is 0 Å². The van der Waals surface area contributed by atoms with Crippen LogP contribution in [0.3, 0.4) is 0 Å². The number of hydrogen-bond acceptors (Lipinski definition) is 3. The second-order valence-corrected chi connectivity index (χ2v) is 6.27. The number of nitrogens with two attached hydrogens (primary N) is 1. The van der Waals surface area contributed by atoms with Crippen molar-refractivity contribution in [2.24, 2.45) is 17.6 Å². The van der Waals surface area contributed by atoms with Crippen LogP contribution < -0.4 is 5.73 Å². The van der Waals surface area contributed by atoms with Crippen LogP contribution in [0.25, 0.3) is 0 Å². The van der Waals surface area contributed by atoms with E-state index in [0.29, 0.717) is 17.9 Å². The maximum absolute atomic E-state index is 12.2. The van der Waals surface area contributed by atoms with Crippen LogP contribution in [0.1, 0.15) is 44.9 Å². The minimum Gasteiger partial charge on any atom is -0.384 e. The van der Waals surface area contributed by atoms with Gasteiger partial charge in [0.05, 0.1) is 6.61 Å². The number of carbonyl (C=O) groups excluding carboxylic acids is 1. The largest absolute Gasteiger partial charge is 0.384 e. The Labute approximate surface area is 116 Å². The first-order chi connectivity index (χ1) is 9.19. The molecule has 19 heavy (non-hydrogen) atoms. The molecule has 0 spiro atoms. The predicted octanol–water partition coefficient (Wildman–Crippen LogP) is 1.78. The zero-order chi connectivity index (χ0) is 13.7. The Morgan fingerprint density at radius 3 is 2.63 bits per heavy atom. The highest BCUT2D eigenvalue weighted by atomic mass is 16.5. The minimum absolute atomic E-state index is 0.341. The van der Waals surface area contributed by atoms with Gasteiger partial charge in [0.15, 0.2) is 0 Å². The molecular weight excluding hydrogens is 240 g/mol. The van der Waals surface area contributed by atoms with E-state index in [0.717, 1.165) is 57.7 Å². The Morgan fingerprint density at radius 1 is 1.21 bits per heavy atom. The lowest BCUT2D eigenvalue weighted by molar-refractivity contribution is -0.130. The number of likely N-dealkylation sites (tertiary alicyclic amines) is 1. The van der Waals surface area contributed by atoms with E-state index in [1.165, 1.54) is 12.8 Å². The van der Waals surface area contributed by atoms with Crippen molar-refractivity contribution in [2.45, 2.75) is 51.0 Å². The number of hydrogen-bond donors (Lipinski definition) is 1. The highest BCUT2D eigenvalue weighted by Gasteiger charge is 2.26. The normalized spacial score (nSPS) is 31.7. The summed E-state index contributed by atoms with van der Waals surface area (Å²) < 4.78 is 5.17. The van der Waals surface area contributed by atoms with Crippen molar-refractivity contribution >= 4 is 5.91 Å². The topological polar surface area (TPSA) is 55.6 Å². The summed E-state index contributed by atoms with van der Waals surface area (Å²) in [6.07, 6.45) is 7.56. The van der Waals surface area contributed by atoms with Crippen molar-refractivity contribution in [3.63, 3.8) is 0 Å². The Hall–Kier alpha value is -0.610. The summed E-state index contributed by atoms with van der Waals surface area (Å²) in [7, 11) is 1.73. The summed E-state index contributed by atoms with van der Waals surface area (Å²) in [4.78, 5) is 14.2. The molecule has 1 aliphatic carbocycles. The fraction of sp³-hybridized carbons (Fsp3) is 0.933. The Morgan fingerprint density at radius 2 is 1.95 bits per heavy atom. The number of ether oxygens (including phenoxy) is 1. The maximum Gasteiger partial charge on any atom is 0.222 e. The van der Waals surface area contributed by atoms with Gasteiger partial charge in [-0.25, -0.2) is 0 Å². The van der Waals surface area contributed by atoms with Crippen LogP contribution in [0.4, 0.5) is 0 Å². The molecule has 1 heterocycles. The van der Waals surface area contributed by atoms with E-state index < -0.39 is 0 Å². The molecule has 0 aromatic carbocycles. The lowest BCUT2D eigenvalue weighted by Crippen LogP contribution is -2.30. The molecule has 0 aromatic rings. The van der Waals surface area contributed by atoms with Gasteiger partial charge in [-0.05, 0) is 44.4 Å². The highest BCUT2D eigenvalue weighted by molar-refractivity contribution is 5.76. The number of methoxy groups -OCH3 is 1. The van der Waals surface area contributed by atoms with Crippen molar-refractivity contribution in [2.75, 3.05) is 26.8 Å². The van der Waals surface area contributed by atoms with E-state index in [1.54, 1.807) is 7.11 Å². The molecule has 1 unspecified atom stereocenters. The quantitative estimate of drug-likeness (QED) is 0.827. The van der Waals surface area contributed by atoms with Crippen molar-refractivity contribution in [1.82, 2.24) is 4.90 Å². The zero-order valence-electron chi connectivity index (χ0n) is 12.1. The van der Waals surface area contributed by atoms with Crippen LogP contribution >= 0.6 is 0 Å². The first kappa shape index (κ1) is 14.8. The average molecular weight is 268 g/mol. The number of rotatable bonds is 5. The van der Waals surface area contributed by atoms with Crippen molar-refractivity contribution < 1.29 is 9.53 Å². The summed E-state index contributed by atoms with van der Waals surface area (Å²) in [5.74, 6) is 1.61. The fourth-order valence-corrected chi connectivity index (χ4v) is 3.39. The molecule has 2 fully saturated rings. The van der Waals surface area contributed by atoms with Gasteiger partial charge in [0.1, 0.15) is 0 Å². The lowest BCUT2D eigenvalue weighted by atomic mass is 9.84. The van der Waals surface area contributed by atoms with E-state index in [1.807, 2.05) is 4.90 Å². The van der Waals surface area contributed by atoms with Crippen LogP contribution in [-0.4, -0.2) is 43.7 Å². The highest BCUT2D eigenvalue weighted by Crippen LogP contribution is 2.27. The first-order valence-electron chi connectivity index (χ1n) is 7.71. The third-order valence-electron chi connectivity index (χ3n) is 4.70. The van der Waals surface area contributed by atoms with Crippen LogP contribution in [0, 0.1) is 11.8 Å². The smallest absolute Gasteiger partial charge is 0.222 e. The molecular formula is C15H28N2O2. The van der Waals surface area contributed by atoms with Gasteiger partial charge in [-0.1, -0.05) is 0 Å². The van der Waals surface area contributed by atoms with Crippen molar-refractivity contribution in [1.29, 1.82) is 0 Å². The van der Waals surface area contributed by atoms with Gasteiger partial charge >= 0.3 is 0 Å². The number of amides is 1. The molecule has 0 bridgehead atoms. The van der Waals surface area contributed by atoms with Gasteiger partial charge in [-0.15, -0.1) is 0 Å². The molecule has 2 rings (SSSR count). The van der Waals surface area contributed by atoms with Gasteiger partial charge in [0.2, 0.25) is 5.91 Å². The van der Waals surface area contributed by atoms with Crippen LogP contribution in [0.2, 0.25) is 0 Å². The first-order valence-corrected chi connectivity index (χ1v) is 7.71.